The molecule has 2 nitrogen and oxygen atoms in total. The first-order valence-electron chi connectivity index (χ1n) is 7.52. The van der Waals surface area contributed by atoms with Gasteiger partial charge in [0.15, 0.2) is 0 Å². The van der Waals surface area contributed by atoms with E-state index >= 15 is 0 Å². The standard InChI is InChI=1S/C17H25NO/c1-18-13-16-7-10-17(11-8-16,12-9-16)14-5-3-4-6-15(14)19-2/h3-6,18H,7-13H2,1-2H3. The Hall–Kier alpha value is -1.02. The third kappa shape index (κ3) is 2.06. The van der Waals surface area contributed by atoms with Crippen LogP contribution in [-0.4, -0.2) is 20.7 Å². The minimum absolute atomic E-state index is 0.391. The first-order valence-corrected chi connectivity index (χ1v) is 7.52. The van der Waals surface area contributed by atoms with Gasteiger partial charge < -0.3 is 10.1 Å². The smallest absolute Gasteiger partial charge is 0.122 e. The largest absolute Gasteiger partial charge is 0.496 e. The van der Waals surface area contributed by atoms with E-state index in [1.807, 2.05) is 0 Å². The number of benzene rings is 1. The van der Waals surface area contributed by atoms with Gasteiger partial charge in [-0.3, -0.25) is 0 Å². The van der Waals surface area contributed by atoms with Crippen molar-refractivity contribution in [3.05, 3.63) is 29.8 Å². The normalized spacial score (nSPS) is 33.4. The number of nitrogens with one attached hydrogen (secondary N) is 1. The maximum Gasteiger partial charge on any atom is 0.122 e. The van der Waals surface area contributed by atoms with Gasteiger partial charge in [-0.2, -0.15) is 0 Å². The Labute approximate surface area is 116 Å². The maximum absolute atomic E-state index is 5.60. The van der Waals surface area contributed by atoms with E-state index < -0.39 is 0 Å². The molecule has 1 N–H and O–H groups in total. The molecule has 2 bridgehead atoms. The van der Waals surface area contributed by atoms with E-state index in [0.29, 0.717) is 10.8 Å². The molecule has 3 fully saturated rings. The van der Waals surface area contributed by atoms with Crippen LogP contribution in [-0.2, 0) is 5.41 Å². The van der Waals surface area contributed by atoms with E-state index in [-0.39, 0.29) is 0 Å². The zero-order valence-corrected chi connectivity index (χ0v) is 12.2. The van der Waals surface area contributed by atoms with Crippen LogP contribution in [0.25, 0.3) is 0 Å². The van der Waals surface area contributed by atoms with Crippen LogP contribution in [0.3, 0.4) is 0 Å². The van der Waals surface area contributed by atoms with Gasteiger partial charge in [0.05, 0.1) is 7.11 Å². The van der Waals surface area contributed by atoms with Gasteiger partial charge in [-0.05, 0) is 62.5 Å². The van der Waals surface area contributed by atoms with Gasteiger partial charge in [0.1, 0.15) is 5.75 Å². The van der Waals surface area contributed by atoms with Gasteiger partial charge >= 0.3 is 0 Å². The van der Waals surface area contributed by atoms with Crippen LogP contribution >= 0.6 is 0 Å². The Morgan fingerprint density at radius 3 is 2.26 bits per heavy atom. The minimum atomic E-state index is 0.391. The van der Waals surface area contributed by atoms with Crippen LogP contribution in [0.5, 0.6) is 5.75 Å². The van der Waals surface area contributed by atoms with E-state index in [1.54, 1.807) is 7.11 Å². The molecule has 0 heterocycles. The quantitative estimate of drug-likeness (QED) is 0.893. The molecular formula is C17H25NO. The molecule has 0 amide bonds. The molecular weight excluding hydrogens is 234 g/mol. The molecule has 3 aliphatic rings. The fourth-order valence-electron chi connectivity index (χ4n) is 4.39. The molecule has 0 spiro atoms. The summed E-state index contributed by atoms with van der Waals surface area (Å²) in [5, 5.41) is 3.40. The van der Waals surface area contributed by atoms with Crippen LogP contribution in [0, 0.1) is 5.41 Å². The van der Waals surface area contributed by atoms with Gasteiger partial charge in [0, 0.05) is 12.1 Å². The number of fused-ring (bicyclic) bond motifs is 3. The first kappa shape index (κ1) is 13.0. The molecule has 3 saturated carbocycles. The van der Waals surface area contributed by atoms with Gasteiger partial charge in [-0.25, -0.2) is 0 Å². The lowest BCUT2D eigenvalue weighted by Gasteiger charge is -2.54. The van der Waals surface area contributed by atoms with Crippen molar-refractivity contribution in [3.63, 3.8) is 0 Å². The molecule has 3 aliphatic carbocycles. The van der Waals surface area contributed by atoms with Crippen LogP contribution in [0.4, 0.5) is 0 Å². The second-order valence-corrected chi connectivity index (χ2v) is 6.51. The SMILES string of the molecule is CNCC12CCC(c3ccccc3OC)(CC1)CC2. The topological polar surface area (TPSA) is 21.3 Å². The van der Waals surface area contributed by atoms with Gasteiger partial charge in [0.2, 0.25) is 0 Å². The summed E-state index contributed by atoms with van der Waals surface area (Å²) < 4.78 is 5.60. The fourth-order valence-corrected chi connectivity index (χ4v) is 4.39. The Bertz CT molecular complexity index is 430. The molecule has 1 aromatic rings. The molecule has 0 unspecified atom stereocenters. The molecule has 0 atom stereocenters. The van der Waals surface area contributed by atoms with E-state index in [0.717, 1.165) is 5.75 Å². The van der Waals surface area contributed by atoms with Crippen molar-refractivity contribution in [1.29, 1.82) is 0 Å². The summed E-state index contributed by atoms with van der Waals surface area (Å²) in [5.41, 5.74) is 2.43. The molecule has 1 aromatic carbocycles. The zero-order valence-electron chi connectivity index (χ0n) is 12.2. The highest BCUT2D eigenvalue weighted by molar-refractivity contribution is 5.41. The average molecular weight is 259 g/mol. The van der Waals surface area contributed by atoms with Crippen molar-refractivity contribution in [2.24, 2.45) is 5.41 Å². The second kappa shape index (κ2) is 4.82. The molecule has 0 saturated heterocycles. The lowest BCUT2D eigenvalue weighted by Crippen LogP contribution is -2.48. The molecule has 0 radical (unpaired) electrons. The summed E-state index contributed by atoms with van der Waals surface area (Å²) in [6, 6.07) is 8.65. The predicted molar refractivity (Wildman–Crippen MR) is 78.7 cm³/mol. The van der Waals surface area contributed by atoms with Gasteiger partial charge in [0.25, 0.3) is 0 Å². The molecule has 104 valence electrons. The number of hydrogen-bond acceptors (Lipinski definition) is 2. The summed E-state index contributed by atoms with van der Waals surface area (Å²) in [7, 11) is 3.89. The Morgan fingerprint density at radius 2 is 1.68 bits per heavy atom. The van der Waals surface area contributed by atoms with E-state index in [1.165, 1.54) is 50.6 Å². The van der Waals surface area contributed by atoms with Crippen LogP contribution in [0.2, 0.25) is 0 Å². The molecule has 2 heteroatoms. The van der Waals surface area contributed by atoms with Crippen molar-refractivity contribution < 1.29 is 4.74 Å². The zero-order chi connectivity index (χ0) is 13.3. The van der Waals surface area contributed by atoms with Gasteiger partial charge in [-0.1, -0.05) is 18.2 Å². The molecule has 0 aromatic heterocycles. The van der Waals surface area contributed by atoms with Crippen LogP contribution in [0.15, 0.2) is 24.3 Å². The molecule has 0 aliphatic heterocycles. The average Bonchev–Trinajstić information content (AvgIpc) is 2.49. The molecule has 4 rings (SSSR count). The van der Waals surface area contributed by atoms with Crippen molar-refractivity contribution >= 4 is 0 Å². The summed E-state index contributed by atoms with van der Waals surface area (Å²) >= 11 is 0. The number of methoxy groups -OCH3 is 1. The first-order chi connectivity index (χ1) is 9.24. The highest BCUT2D eigenvalue weighted by atomic mass is 16.5. The third-order valence-corrected chi connectivity index (χ3v) is 5.63. The Kier molecular flexibility index (Phi) is 3.30. The third-order valence-electron chi connectivity index (χ3n) is 5.63. The van der Waals surface area contributed by atoms with E-state index in [4.69, 9.17) is 4.74 Å². The Balaban J connectivity index is 1.88. The number of para-hydroxylation sites is 1. The van der Waals surface area contributed by atoms with Gasteiger partial charge in [-0.15, -0.1) is 0 Å². The van der Waals surface area contributed by atoms with E-state index in [2.05, 4.69) is 36.6 Å². The van der Waals surface area contributed by atoms with Crippen molar-refractivity contribution in [2.75, 3.05) is 20.7 Å². The van der Waals surface area contributed by atoms with Crippen molar-refractivity contribution in [1.82, 2.24) is 5.32 Å². The Morgan fingerprint density at radius 1 is 1.05 bits per heavy atom. The summed E-state index contributed by atoms with van der Waals surface area (Å²) in [5.74, 6) is 1.09. The number of ether oxygens (including phenoxy) is 1. The van der Waals surface area contributed by atoms with Crippen LogP contribution < -0.4 is 10.1 Å². The highest BCUT2D eigenvalue weighted by Gasteiger charge is 2.49. The predicted octanol–water partition coefficient (Wildman–Crippen LogP) is 3.51. The summed E-state index contributed by atoms with van der Waals surface area (Å²) in [6.07, 6.45) is 8.09. The highest BCUT2D eigenvalue weighted by Crippen LogP contribution is 2.58. The summed E-state index contributed by atoms with van der Waals surface area (Å²) in [6.45, 7) is 1.19. The fraction of sp³-hybridized carbons (Fsp3) is 0.647. The van der Waals surface area contributed by atoms with Crippen molar-refractivity contribution in [3.8, 4) is 5.75 Å². The lowest BCUT2D eigenvalue weighted by molar-refractivity contribution is 0.0403. The summed E-state index contributed by atoms with van der Waals surface area (Å²) in [4.78, 5) is 0. The minimum Gasteiger partial charge on any atom is -0.496 e. The maximum atomic E-state index is 5.60. The monoisotopic (exact) mass is 259 g/mol. The second-order valence-electron chi connectivity index (χ2n) is 6.51. The lowest BCUT2D eigenvalue weighted by atomic mass is 9.52. The number of hydrogen-bond donors (Lipinski definition) is 1. The van der Waals surface area contributed by atoms with E-state index in [9.17, 15) is 0 Å². The van der Waals surface area contributed by atoms with Crippen molar-refractivity contribution in [2.45, 2.75) is 43.9 Å². The molecule has 19 heavy (non-hydrogen) atoms. The number of rotatable bonds is 4. The van der Waals surface area contributed by atoms with Crippen LogP contribution in [0.1, 0.15) is 44.1 Å².